The van der Waals surface area contributed by atoms with Crippen LogP contribution in [0, 0.1) is 52.3 Å². The molecule has 0 nitrogen and oxygen atoms in total. The zero-order valence-electron chi connectivity index (χ0n) is 29.3. The van der Waals surface area contributed by atoms with Crippen LogP contribution in [0.3, 0.4) is 0 Å². The summed E-state index contributed by atoms with van der Waals surface area (Å²) in [5, 5.41) is 0. The number of hydrogen-bond donors (Lipinski definition) is 0. The molecule has 0 radical (unpaired) electrons. The van der Waals surface area contributed by atoms with E-state index in [4.69, 9.17) is 0 Å². The van der Waals surface area contributed by atoms with Crippen LogP contribution >= 0.6 is 0 Å². The molecule has 0 N–H and O–H groups in total. The second kappa shape index (κ2) is 16.9. The first-order chi connectivity index (χ1) is 19.1. The van der Waals surface area contributed by atoms with Gasteiger partial charge < -0.3 is 0 Å². The van der Waals surface area contributed by atoms with Gasteiger partial charge in [0.15, 0.2) is 0 Å². The minimum Gasteiger partial charge on any atom is -0.100 e. The Hall–Kier alpha value is -0.520. The molecule has 0 amide bonds. The summed E-state index contributed by atoms with van der Waals surface area (Å²) in [6.45, 7) is 27.7. The summed E-state index contributed by atoms with van der Waals surface area (Å²) >= 11 is 0. The molecule has 234 valence electrons. The molecule has 40 heavy (non-hydrogen) atoms. The molecule has 3 fully saturated rings. The SMILES string of the molecule is C=C(C)CC1CC[C@@]2(C)C(=CCC3C4CCC(C(C)CCCC(C)C)[C@@]4(C)CCC32)C1.CC.CCCCCCC. The molecule has 3 saturated carbocycles. The first-order valence-corrected chi connectivity index (χ1v) is 18.4. The van der Waals surface area contributed by atoms with E-state index in [2.05, 4.69) is 68.0 Å². The highest BCUT2D eigenvalue weighted by Gasteiger charge is 2.59. The van der Waals surface area contributed by atoms with E-state index in [1.807, 2.05) is 19.4 Å². The van der Waals surface area contributed by atoms with Gasteiger partial charge >= 0.3 is 0 Å². The van der Waals surface area contributed by atoms with Crippen LogP contribution < -0.4 is 0 Å². The van der Waals surface area contributed by atoms with Crippen LogP contribution in [0.5, 0.6) is 0 Å². The summed E-state index contributed by atoms with van der Waals surface area (Å²) in [4.78, 5) is 0. The molecule has 0 aliphatic heterocycles. The lowest BCUT2D eigenvalue weighted by atomic mass is 9.46. The fraction of sp³-hybridized carbons (Fsp3) is 0.900. The zero-order chi connectivity index (χ0) is 29.9. The Morgan fingerprint density at radius 1 is 0.875 bits per heavy atom. The number of unbranched alkanes of at least 4 members (excludes halogenated alkanes) is 4. The lowest BCUT2D eigenvalue weighted by Crippen LogP contribution is -2.50. The van der Waals surface area contributed by atoms with E-state index < -0.39 is 0 Å². The van der Waals surface area contributed by atoms with E-state index >= 15 is 0 Å². The normalized spacial score (nSPS) is 35.2. The van der Waals surface area contributed by atoms with Gasteiger partial charge in [-0.1, -0.05) is 131 Å². The Bertz CT molecular complexity index is 752. The third kappa shape index (κ3) is 8.75. The Morgan fingerprint density at radius 3 is 2.15 bits per heavy atom. The van der Waals surface area contributed by atoms with Gasteiger partial charge in [-0.25, -0.2) is 0 Å². The molecule has 0 aromatic heterocycles. The maximum atomic E-state index is 4.21. The van der Waals surface area contributed by atoms with Crippen molar-refractivity contribution in [1.82, 2.24) is 0 Å². The van der Waals surface area contributed by atoms with E-state index in [0.29, 0.717) is 10.8 Å². The van der Waals surface area contributed by atoms with Gasteiger partial charge in [-0.2, -0.15) is 0 Å². The molecular weight excluding hydrogens is 480 g/mol. The average Bonchev–Trinajstić information content (AvgIpc) is 3.27. The van der Waals surface area contributed by atoms with Gasteiger partial charge in [0.2, 0.25) is 0 Å². The van der Waals surface area contributed by atoms with Crippen molar-refractivity contribution in [1.29, 1.82) is 0 Å². The Kier molecular flexibility index (Phi) is 15.1. The molecule has 8 atom stereocenters. The van der Waals surface area contributed by atoms with Crippen molar-refractivity contribution >= 4 is 0 Å². The number of hydrogen-bond acceptors (Lipinski definition) is 0. The predicted molar refractivity (Wildman–Crippen MR) is 182 cm³/mol. The summed E-state index contributed by atoms with van der Waals surface area (Å²) < 4.78 is 0. The second-order valence-corrected chi connectivity index (χ2v) is 15.6. The van der Waals surface area contributed by atoms with Crippen molar-refractivity contribution in [3.05, 3.63) is 23.8 Å². The molecule has 4 rings (SSSR count). The molecule has 0 saturated heterocycles. The van der Waals surface area contributed by atoms with Crippen LogP contribution in [-0.2, 0) is 0 Å². The van der Waals surface area contributed by atoms with Gasteiger partial charge in [-0.05, 0) is 117 Å². The quantitative estimate of drug-likeness (QED) is 0.176. The first-order valence-electron chi connectivity index (χ1n) is 18.4. The Labute approximate surface area is 254 Å². The standard InChI is InChI=1S/C31H52.C7H16.C2H6/c1-21(2)9-8-10-23(5)27-13-14-28-26-12-11-25-20-24(19-22(3)4)15-17-30(25,6)29(26)16-18-31(27,28)7;1-3-5-7-6-4-2;1-2/h11,21,23-24,26-29H,3,8-10,12-20H2,1-2,4-7H3;3-7H2,1-2H3;1-2H3/t23?,24?,26?,27?,28?,29?,30-,31+;;/m0../s1. The fourth-order valence-electron chi connectivity index (χ4n) is 10.1. The second-order valence-electron chi connectivity index (χ2n) is 15.6. The summed E-state index contributed by atoms with van der Waals surface area (Å²) in [6.07, 6.45) is 27.0. The minimum absolute atomic E-state index is 0.511. The summed E-state index contributed by atoms with van der Waals surface area (Å²) in [7, 11) is 0. The number of rotatable bonds is 11. The zero-order valence-corrected chi connectivity index (χ0v) is 29.3. The molecule has 4 aliphatic rings. The van der Waals surface area contributed by atoms with Gasteiger partial charge in [0.25, 0.3) is 0 Å². The van der Waals surface area contributed by atoms with Gasteiger partial charge in [0.05, 0.1) is 0 Å². The Morgan fingerprint density at radius 2 is 1.55 bits per heavy atom. The van der Waals surface area contributed by atoms with Crippen LogP contribution in [0.1, 0.15) is 178 Å². The number of allylic oxidation sites excluding steroid dienone is 3. The third-order valence-electron chi connectivity index (χ3n) is 12.3. The highest BCUT2D eigenvalue weighted by Crippen LogP contribution is 2.67. The van der Waals surface area contributed by atoms with Crippen molar-refractivity contribution in [3.8, 4) is 0 Å². The molecule has 0 bridgehead atoms. The van der Waals surface area contributed by atoms with Crippen molar-refractivity contribution in [2.75, 3.05) is 0 Å². The van der Waals surface area contributed by atoms with Crippen LogP contribution in [0.15, 0.2) is 23.8 Å². The van der Waals surface area contributed by atoms with Crippen molar-refractivity contribution < 1.29 is 0 Å². The molecule has 4 aliphatic carbocycles. The van der Waals surface area contributed by atoms with E-state index in [1.54, 1.807) is 0 Å². The highest BCUT2D eigenvalue weighted by molar-refractivity contribution is 5.25. The van der Waals surface area contributed by atoms with Crippen LogP contribution in [0.25, 0.3) is 0 Å². The smallest absolute Gasteiger partial charge is 0.00851 e. The van der Waals surface area contributed by atoms with E-state index in [0.717, 1.165) is 41.4 Å². The molecule has 0 heteroatoms. The topological polar surface area (TPSA) is 0 Å². The molecular formula is C40H74. The van der Waals surface area contributed by atoms with Crippen molar-refractivity contribution in [2.45, 2.75) is 178 Å². The monoisotopic (exact) mass is 555 g/mol. The highest BCUT2D eigenvalue weighted by atomic mass is 14.6. The average molecular weight is 555 g/mol. The van der Waals surface area contributed by atoms with E-state index in [-0.39, 0.29) is 0 Å². The molecule has 0 heterocycles. The van der Waals surface area contributed by atoms with Gasteiger partial charge in [-0.15, -0.1) is 6.58 Å². The van der Waals surface area contributed by atoms with Crippen molar-refractivity contribution in [3.63, 3.8) is 0 Å². The summed E-state index contributed by atoms with van der Waals surface area (Å²) in [5.41, 5.74) is 4.37. The van der Waals surface area contributed by atoms with Crippen LogP contribution in [-0.4, -0.2) is 0 Å². The molecule has 0 aromatic rings. The molecule has 6 unspecified atom stereocenters. The Balaban J connectivity index is 0.000000545. The molecule has 0 spiro atoms. The maximum absolute atomic E-state index is 4.21. The lowest BCUT2D eigenvalue weighted by molar-refractivity contribution is -0.0527. The summed E-state index contributed by atoms with van der Waals surface area (Å²) in [6, 6.07) is 0. The van der Waals surface area contributed by atoms with E-state index in [1.165, 1.54) is 115 Å². The fourth-order valence-corrected chi connectivity index (χ4v) is 10.1. The number of fused-ring (bicyclic) bond motifs is 5. The van der Waals surface area contributed by atoms with Gasteiger partial charge in [0.1, 0.15) is 0 Å². The summed E-state index contributed by atoms with van der Waals surface area (Å²) in [5.74, 6) is 6.56. The van der Waals surface area contributed by atoms with Crippen LogP contribution in [0.4, 0.5) is 0 Å². The lowest BCUT2D eigenvalue weighted by Gasteiger charge is -2.58. The first kappa shape index (κ1) is 35.7. The van der Waals surface area contributed by atoms with Gasteiger partial charge in [0, 0.05) is 0 Å². The van der Waals surface area contributed by atoms with Crippen molar-refractivity contribution in [2.24, 2.45) is 52.3 Å². The largest absolute Gasteiger partial charge is 0.100 e. The minimum atomic E-state index is 0.511. The van der Waals surface area contributed by atoms with Crippen LogP contribution in [0.2, 0.25) is 0 Å². The molecule has 0 aromatic carbocycles. The van der Waals surface area contributed by atoms with E-state index in [9.17, 15) is 0 Å². The van der Waals surface area contributed by atoms with Gasteiger partial charge in [-0.3, -0.25) is 0 Å². The predicted octanol–water partition coefficient (Wildman–Crippen LogP) is 13.6. The third-order valence-corrected chi connectivity index (χ3v) is 12.3. The maximum Gasteiger partial charge on any atom is -0.00851 e.